The maximum Gasteiger partial charge on any atom is 0.410 e. The van der Waals surface area contributed by atoms with Crippen molar-refractivity contribution >= 4 is 23.0 Å². The van der Waals surface area contributed by atoms with Crippen molar-refractivity contribution in [1.29, 1.82) is 0 Å². The van der Waals surface area contributed by atoms with Crippen molar-refractivity contribution < 1.29 is 22.7 Å². The van der Waals surface area contributed by atoms with Crippen LogP contribution in [0.15, 0.2) is 71.3 Å². The number of piperidine rings is 1. The Morgan fingerprint density at radius 1 is 1.13 bits per heavy atom. The number of halogens is 2. The number of nitrogens with one attached hydrogen (secondary N) is 1. The van der Waals surface area contributed by atoms with E-state index in [2.05, 4.69) is 15.3 Å². The summed E-state index contributed by atoms with van der Waals surface area (Å²) in [6.07, 6.45) is 2.71. The second-order valence-corrected chi connectivity index (χ2v) is 9.64. The Labute approximate surface area is 219 Å². The smallest absolute Gasteiger partial charge is 0.410 e. The summed E-state index contributed by atoms with van der Waals surface area (Å²) in [6.45, 7) is 1.58. The number of pyridine rings is 1. The minimum absolute atomic E-state index is 0.0374. The van der Waals surface area contributed by atoms with E-state index < -0.39 is 24.6 Å². The molecule has 1 aliphatic heterocycles. The van der Waals surface area contributed by atoms with Gasteiger partial charge in [-0.1, -0.05) is 60.2 Å². The summed E-state index contributed by atoms with van der Waals surface area (Å²) in [5.41, 5.74) is 3.84. The van der Waals surface area contributed by atoms with Crippen molar-refractivity contribution in [2.75, 3.05) is 18.4 Å². The van der Waals surface area contributed by atoms with E-state index in [-0.39, 0.29) is 25.4 Å². The monoisotopic (exact) mass is 520 g/mol. The number of amides is 1. The summed E-state index contributed by atoms with van der Waals surface area (Å²) in [6, 6.07) is 17.6. The Kier molecular flexibility index (Phi) is 7.53. The molecule has 2 aromatic heterocycles. The van der Waals surface area contributed by atoms with Gasteiger partial charge in [-0.25, -0.2) is 23.5 Å². The molecule has 2 aromatic carbocycles. The van der Waals surface area contributed by atoms with Crippen molar-refractivity contribution in [2.24, 2.45) is 0 Å². The van der Waals surface area contributed by atoms with E-state index in [1.54, 1.807) is 6.07 Å². The molecule has 198 valence electrons. The molecular weight excluding hydrogens is 490 g/mol. The lowest BCUT2D eigenvalue weighted by Crippen LogP contribution is -2.55. The maximum absolute atomic E-state index is 15.5. The lowest BCUT2D eigenvalue weighted by molar-refractivity contribution is -0.0793. The number of aryl methyl sites for hydroxylation is 1. The summed E-state index contributed by atoms with van der Waals surface area (Å²) in [5, 5.41) is 2.77. The molecular formula is C29H30F2N4O3. The van der Waals surface area contributed by atoms with Crippen LogP contribution in [0.5, 0.6) is 0 Å². The number of alkyl halides is 2. The van der Waals surface area contributed by atoms with Gasteiger partial charge in [-0.2, -0.15) is 0 Å². The highest BCUT2D eigenvalue weighted by atomic mass is 19.3. The third-order valence-electron chi connectivity index (χ3n) is 6.71. The van der Waals surface area contributed by atoms with Gasteiger partial charge >= 0.3 is 6.09 Å². The fourth-order valence-electron chi connectivity index (χ4n) is 4.81. The average Bonchev–Trinajstić information content (AvgIpc) is 3.34. The number of rotatable bonds is 8. The standard InChI is InChI=1S/C29H30F2N4O3/c1-20-8-7-11-22(16-20)17-25-34-26-23(38-25)13-14-32-27(26)33-19-29(30,31)24-12-5-6-15-35(24)28(36)37-18-21-9-3-2-4-10-21/h2-4,7-11,13-14,16,24H,5-6,12,15,17-19H2,1H3,(H,32,33). The molecule has 38 heavy (non-hydrogen) atoms. The van der Waals surface area contributed by atoms with Gasteiger partial charge in [0.2, 0.25) is 0 Å². The van der Waals surface area contributed by atoms with Gasteiger partial charge in [0.15, 0.2) is 22.8 Å². The molecule has 0 saturated carbocycles. The highest BCUT2D eigenvalue weighted by Gasteiger charge is 2.46. The molecule has 1 amide bonds. The van der Waals surface area contributed by atoms with Gasteiger partial charge in [0.1, 0.15) is 12.6 Å². The predicted molar refractivity (Wildman–Crippen MR) is 140 cm³/mol. The van der Waals surface area contributed by atoms with E-state index in [0.29, 0.717) is 36.3 Å². The zero-order chi connectivity index (χ0) is 26.5. The van der Waals surface area contributed by atoms with Gasteiger partial charge in [0.25, 0.3) is 5.92 Å². The average molecular weight is 521 g/mol. The molecule has 9 heteroatoms. The van der Waals surface area contributed by atoms with Crippen LogP contribution in [0.3, 0.4) is 0 Å². The third kappa shape index (κ3) is 5.93. The van der Waals surface area contributed by atoms with E-state index >= 15 is 8.78 Å². The van der Waals surface area contributed by atoms with Crippen molar-refractivity contribution in [3.8, 4) is 0 Å². The Morgan fingerprint density at radius 3 is 2.76 bits per heavy atom. The molecule has 3 heterocycles. The van der Waals surface area contributed by atoms with Crippen molar-refractivity contribution in [2.45, 2.75) is 51.2 Å². The number of likely N-dealkylation sites (tertiary alicyclic amines) is 1. The van der Waals surface area contributed by atoms with Gasteiger partial charge in [-0.15, -0.1) is 0 Å². The number of aromatic nitrogens is 2. The molecule has 5 rings (SSSR count). The Hall–Kier alpha value is -4.01. The van der Waals surface area contributed by atoms with E-state index in [9.17, 15) is 4.79 Å². The van der Waals surface area contributed by atoms with E-state index in [0.717, 1.165) is 21.6 Å². The summed E-state index contributed by atoms with van der Waals surface area (Å²) < 4.78 is 42.3. The first-order valence-corrected chi connectivity index (χ1v) is 12.8. The minimum Gasteiger partial charge on any atom is -0.445 e. The molecule has 1 unspecified atom stereocenters. The second kappa shape index (κ2) is 11.2. The highest BCUT2D eigenvalue weighted by molar-refractivity contribution is 5.84. The van der Waals surface area contributed by atoms with Crippen LogP contribution in [0.25, 0.3) is 11.1 Å². The summed E-state index contributed by atoms with van der Waals surface area (Å²) in [5.74, 6) is -2.52. The van der Waals surface area contributed by atoms with E-state index in [4.69, 9.17) is 9.15 Å². The largest absolute Gasteiger partial charge is 0.445 e. The third-order valence-corrected chi connectivity index (χ3v) is 6.71. The van der Waals surface area contributed by atoms with Crippen molar-refractivity contribution in [3.05, 3.63) is 89.4 Å². The van der Waals surface area contributed by atoms with Crippen LogP contribution >= 0.6 is 0 Å². The van der Waals surface area contributed by atoms with Crippen LogP contribution in [-0.2, 0) is 17.8 Å². The lowest BCUT2D eigenvalue weighted by atomic mass is 9.97. The molecule has 1 saturated heterocycles. The van der Waals surface area contributed by atoms with Crippen LogP contribution in [0.4, 0.5) is 19.4 Å². The van der Waals surface area contributed by atoms with Gasteiger partial charge < -0.3 is 14.5 Å². The van der Waals surface area contributed by atoms with Crippen LogP contribution in [0.1, 0.15) is 41.8 Å². The summed E-state index contributed by atoms with van der Waals surface area (Å²) >= 11 is 0. The molecule has 1 N–H and O–H groups in total. The number of hydrogen-bond acceptors (Lipinski definition) is 6. The second-order valence-electron chi connectivity index (χ2n) is 9.64. The lowest BCUT2D eigenvalue weighted by Gasteiger charge is -2.39. The van der Waals surface area contributed by atoms with Crippen molar-refractivity contribution in [1.82, 2.24) is 14.9 Å². The van der Waals surface area contributed by atoms with Gasteiger partial charge in [0, 0.05) is 25.2 Å². The zero-order valence-electron chi connectivity index (χ0n) is 21.2. The van der Waals surface area contributed by atoms with Crippen LogP contribution in [0.2, 0.25) is 0 Å². The van der Waals surface area contributed by atoms with Crippen LogP contribution in [-0.4, -0.2) is 46.0 Å². The first-order chi connectivity index (χ1) is 18.4. The normalized spacial score (nSPS) is 16.0. The topological polar surface area (TPSA) is 80.5 Å². The van der Waals surface area contributed by atoms with Gasteiger partial charge in [-0.3, -0.25) is 4.90 Å². The molecule has 1 fully saturated rings. The molecule has 0 radical (unpaired) electrons. The molecule has 0 bridgehead atoms. The number of hydrogen-bond donors (Lipinski definition) is 1. The van der Waals surface area contributed by atoms with E-state index in [1.807, 2.05) is 61.5 Å². The van der Waals surface area contributed by atoms with Gasteiger partial charge in [0.05, 0.1) is 6.54 Å². The molecule has 4 aromatic rings. The fraction of sp³-hybridized carbons (Fsp3) is 0.345. The van der Waals surface area contributed by atoms with Crippen LogP contribution < -0.4 is 5.32 Å². The first kappa shape index (κ1) is 25.6. The number of fused-ring (bicyclic) bond motifs is 1. The number of nitrogens with zero attached hydrogens (tertiary/aromatic N) is 3. The van der Waals surface area contributed by atoms with Gasteiger partial charge in [-0.05, 0) is 37.3 Å². The predicted octanol–water partition coefficient (Wildman–Crippen LogP) is 6.36. The summed E-state index contributed by atoms with van der Waals surface area (Å²) in [7, 11) is 0. The zero-order valence-corrected chi connectivity index (χ0v) is 21.2. The molecule has 0 spiro atoms. The number of benzene rings is 2. The quantitative estimate of drug-likeness (QED) is 0.291. The molecule has 0 aliphatic carbocycles. The van der Waals surface area contributed by atoms with Crippen molar-refractivity contribution in [3.63, 3.8) is 0 Å². The molecule has 1 aliphatic rings. The SMILES string of the molecule is Cc1cccc(Cc2nc3c(NCC(F)(F)C4CCCCN4C(=O)OCc4ccccc4)nccc3o2)c1. The Bertz CT molecular complexity index is 1390. The fourth-order valence-corrected chi connectivity index (χ4v) is 4.81. The maximum atomic E-state index is 15.5. The minimum atomic E-state index is -3.22. The molecule has 1 atom stereocenters. The number of anilines is 1. The Morgan fingerprint density at radius 2 is 1.95 bits per heavy atom. The molecule has 7 nitrogen and oxygen atoms in total. The first-order valence-electron chi connectivity index (χ1n) is 12.8. The highest BCUT2D eigenvalue weighted by Crippen LogP contribution is 2.32. The Balaban J connectivity index is 1.27. The number of oxazole rings is 1. The number of ether oxygens (including phenoxy) is 1. The van der Waals surface area contributed by atoms with E-state index in [1.165, 1.54) is 6.20 Å². The summed E-state index contributed by atoms with van der Waals surface area (Å²) in [4.78, 5) is 22.7. The number of carbonyl (C=O) groups excluding carboxylic acids is 1. The van der Waals surface area contributed by atoms with Crippen LogP contribution in [0, 0.1) is 6.92 Å². The number of carbonyl (C=O) groups is 1.